The summed E-state index contributed by atoms with van der Waals surface area (Å²) in [5.74, 6) is 0.415. The maximum atomic E-state index is 12.4. The highest BCUT2D eigenvalue weighted by molar-refractivity contribution is 5.95. The number of hydrogen-bond donors (Lipinski definition) is 1. The van der Waals surface area contributed by atoms with E-state index < -0.39 is 5.97 Å². The summed E-state index contributed by atoms with van der Waals surface area (Å²) in [6, 6.07) is 14.8. The molecule has 1 amide bonds. The molecule has 0 aliphatic carbocycles. The summed E-state index contributed by atoms with van der Waals surface area (Å²) >= 11 is 0. The quantitative estimate of drug-likeness (QED) is 0.260. The second-order valence-electron chi connectivity index (χ2n) is 6.19. The van der Waals surface area contributed by atoms with E-state index in [1.54, 1.807) is 54.6 Å². The summed E-state index contributed by atoms with van der Waals surface area (Å²) in [6.07, 6.45) is 4.51. The van der Waals surface area contributed by atoms with Gasteiger partial charge in [0.15, 0.2) is 11.5 Å². The lowest BCUT2D eigenvalue weighted by Crippen LogP contribution is -2.17. The van der Waals surface area contributed by atoms with Gasteiger partial charge < -0.3 is 14.2 Å². The van der Waals surface area contributed by atoms with E-state index in [4.69, 9.17) is 14.2 Å². The van der Waals surface area contributed by atoms with Crippen molar-refractivity contribution in [2.45, 2.75) is 6.92 Å². The molecule has 158 valence electrons. The number of benzene rings is 2. The number of ether oxygens (including phenoxy) is 3. The Morgan fingerprint density at radius 3 is 2.42 bits per heavy atom. The van der Waals surface area contributed by atoms with Crippen LogP contribution in [0.1, 0.15) is 33.2 Å². The van der Waals surface area contributed by atoms with Crippen LogP contribution in [-0.2, 0) is 0 Å². The van der Waals surface area contributed by atoms with Crippen LogP contribution >= 0.6 is 0 Å². The molecule has 31 heavy (non-hydrogen) atoms. The summed E-state index contributed by atoms with van der Waals surface area (Å²) in [5, 5.41) is 3.93. The van der Waals surface area contributed by atoms with E-state index in [1.807, 2.05) is 6.92 Å². The van der Waals surface area contributed by atoms with E-state index in [9.17, 15) is 9.59 Å². The second-order valence-corrected chi connectivity index (χ2v) is 6.19. The minimum Gasteiger partial charge on any atom is -0.494 e. The highest BCUT2D eigenvalue weighted by Crippen LogP contribution is 2.28. The summed E-state index contributed by atoms with van der Waals surface area (Å²) in [7, 11) is 1.47. The molecule has 1 heterocycles. The van der Waals surface area contributed by atoms with Crippen molar-refractivity contribution in [1.82, 2.24) is 10.4 Å². The first-order valence-corrected chi connectivity index (χ1v) is 9.47. The molecule has 8 nitrogen and oxygen atoms in total. The maximum Gasteiger partial charge on any atom is 0.343 e. The molecule has 0 unspecified atom stereocenters. The largest absolute Gasteiger partial charge is 0.494 e. The van der Waals surface area contributed by atoms with Crippen molar-refractivity contribution in [3.05, 3.63) is 83.7 Å². The molecule has 0 spiro atoms. The highest BCUT2D eigenvalue weighted by atomic mass is 16.6. The zero-order valence-electron chi connectivity index (χ0n) is 17.1. The number of aromatic nitrogens is 1. The summed E-state index contributed by atoms with van der Waals surface area (Å²) in [6.45, 7) is 2.43. The molecule has 8 heteroatoms. The van der Waals surface area contributed by atoms with Crippen molar-refractivity contribution in [3.8, 4) is 17.2 Å². The molecule has 1 N–H and O–H groups in total. The predicted molar refractivity (Wildman–Crippen MR) is 115 cm³/mol. The van der Waals surface area contributed by atoms with E-state index in [1.165, 1.54) is 25.7 Å². The molecule has 0 bridgehead atoms. The Kier molecular flexibility index (Phi) is 7.31. The van der Waals surface area contributed by atoms with Crippen molar-refractivity contribution in [2.24, 2.45) is 5.10 Å². The van der Waals surface area contributed by atoms with E-state index in [2.05, 4.69) is 15.5 Å². The average molecular weight is 419 g/mol. The van der Waals surface area contributed by atoms with Gasteiger partial charge in [-0.15, -0.1) is 0 Å². The van der Waals surface area contributed by atoms with Crippen molar-refractivity contribution < 1.29 is 23.8 Å². The fourth-order valence-electron chi connectivity index (χ4n) is 2.59. The third kappa shape index (κ3) is 5.89. The first-order valence-electron chi connectivity index (χ1n) is 9.47. The lowest BCUT2D eigenvalue weighted by atomic mass is 10.2. The van der Waals surface area contributed by atoms with Crippen molar-refractivity contribution in [3.63, 3.8) is 0 Å². The fourth-order valence-corrected chi connectivity index (χ4v) is 2.59. The zero-order valence-corrected chi connectivity index (χ0v) is 17.1. The van der Waals surface area contributed by atoms with Crippen LogP contribution in [0.3, 0.4) is 0 Å². The van der Waals surface area contributed by atoms with Gasteiger partial charge in [-0.3, -0.25) is 9.78 Å². The first kappa shape index (κ1) is 21.5. The van der Waals surface area contributed by atoms with Gasteiger partial charge in [-0.25, -0.2) is 10.2 Å². The Morgan fingerprint density at radius 2 is 1.74 bits per heavy atom. The molecule has 0 aliphatic heterocycles. The summed E-state index contributed by atoms with van der Waals surface area (Å²) < 4.78 is 16.1. The van der Waals surface area contributed by atoms with E-state index in [-0.39, 0.29) is 11.7 Å². The van der Waals surface area contributed by atoms with E-state index >= 15 is 0 Å². The van der Waals surface area contributed by atoms with Gasteiger partial charge in [0, 0.05) is 18.0 Å². The van der Waals surface area contributed by atoms with Gasteiger partial charge >= 0.3 is 5.97 Å². The van der Waals surface area contributed by atoms with E-state index in [0.717, 1.165) is 0 Å². The SMILES string of the molecule is CCOc1ccc(C(=O)Oc2ccc(/C=N/NC(=O)c3ccncc3)cc2OC)cc1. The smallest absolute Gasteiger partial charge is 0.343 e. The van der Waals surface area contributed by atoms with Gasteiger partial charge in [0.25, 0.3) is 5.91 Å². The molecule has 0 saturated heterocycles. The molecule has 3 rings (SSSR count). The molecule has 0 aliphatic rings. The molecular weight excluding hydrogens is 398 g/mol. The molecule has 0 radical (unpaired) electrons. The van der Waals surface area contributed by atoms with Gasteiger partial charge in [-0.05, 0) is 67.1 Å². The summed E-state index contributed by atoms with van der Waals surface area (Å²) in [5.41, 5.74) is 3.91. The van der Waals surface area contributed by atoms with E-state index in [0.29, 0.717) is 34.8 Å². The molecule has 3 aromatic rings. The number of nitrogens with zero attached hydrogens (tertiary/aromatic N) is 2. The maximum absolute atomic E-state index is 12.4. The fraction of sp³-hybridized carbons (Fsp3) is 0.130. The summed E-state index contributed by atoms with van der Waals surface area (Å²) in [4.78, 5) is 28.3. The number of hydrazone groups is 1. The number of carbonyl (C=O) groups is 2. The van der Waals surface area contributed by atoms with Crippen LogP contribution in [0.5, 0.6) is 17.2 Å². The van der Waals surface area contributed by atoms with Crippen LogP contribution in [-0.4, -0.2) is 36.8 Å². The lowest BCUT2D eigenvalue weighted by Gasteiger charge is -2.10. The normalized spacial score (nSPS) is 10.5. The van der Waals surface area contributed by atoms with Gasteiger partial charge in [-0.1, -0.05) is 0 Å². The second kappa shape index (κ2) is 10.5. The Balaban J connectivity index is 1.65. The monoisotopic (exact) mass is 419 g/mol. The molecule has 0 saturated carbocycles. The van der Waals surface area contributed by atoms with Gasteiger partial charge in [0.05, 0.1) is 25.5 Å². The van der Waals surface area contributed by atoms with Crippen molar-refractivity contribution in [1.29, 1.82) is 0 Å². The van der Waals surface area contributed by atoms with Crippen LogP contribution in [0.2, 0.25) is 0 Å². The minimum absolute atomic E-state index is 0.263. The Bertz CT molecular complexity index is 1070. The lowest BCUT2D eigenvalue weighted by molar-refractivity contribution is 0.0729. The number of esters is 1. The third-order valence-electron chi connectivity index (χ3n) is 4.11. The first-order chi connectivity index (χ1) is 15.1. The number of amides is 1. The Hall–Kier alpha value is -4.20. The minimum atomic E-state index is -0.521. The zero-order chi connectivity index (χ0) is 22.1. The molecule has 2 aromatic carbocycles. The van der Waals surface area contributed by atoms with Crippen LogP contribution in [0.15, 0.2) is 72.1 Å². The third-order valence-corrected chi connectivity index (χ3v) is 4.11. The number of carbonyl (C=O) groups excluding carboxylic acids is 2. The van der Waals surface area contributed by atoms with Crippen molar-refractivity contribution >= 4 is 18.1 Å². The Labute approximate surface area is 179 Å². The number of methoxy groups -OCH3 is 1. The number of rotatable bonds is 8. The standard InChI is InChI=1S/C23H21N3O5/c1-3-30-19-7-5-18(6-8-19)23(28)31-20-9-4-16(14-21(20)29-2)15-25-26-22(27)17-10-12-24-13-11-17/h4-15H,3H2,1-2H3,(H,26,27)/b25-15+. The van der Waals surface area contributed by atoms with Gasteiger partial charge in [0.1, 0.15) is 5.75 Å². The molecule has 0 fully saturated rings. The van der Waals surface area contributed by atoms with Crippen LogP contribution in [0, 0.1) is 0 Å². The van der Waals surface area contributed by atoms with Crippen molar-refractivity contribution in [2.75, 3.05) is 13.7 Å². The number of hydrogen-bond acceptors (Lipinski definition) is 7. The molecule has 1 aromatic heterocycles. The topological polar surface area (TPSA) is 99.1 Å². The van der Waals surface area contributed by atoms with Gasteiger partial charge in [-0.2, -0.15) is 5.10 Å². The number of pyridine rings is 1. The highest BCUT2D eigenvalue weighted by Gasteiger charge is 2.13. The van der Waals surface area contributed by atoms with Gasteiger partial charge in [0.2, 0.25) is 0 Å². The van der Waals surface area contributed by atoms with Crippen LogP contribution in [0.4, 0.5) is 0 Å². The Morgan fingerprint density at radius 1 is 1.00 bits per heavy atom. The molecular formula is C23H21N3O5. The van der Waals surface area contributed by atoms with Crippen LogP contribution in [0.25, 0.3) is 0 Å². The predicted octanol–water partition coefficient (Wildman–Crippen LogP) is 3.47. The average Bonchev–Trinajstić information content (AvgIpc) is 2.81. The number of nitrogens with one attached hydrogen (secondary N) is 1. The van der Waals surface area contributed by atoms with Crippen LogP contribution < -0.4 is 19.6 Å². The molecule has 0 atom stereocenters.